The minimum absolute atomic E-state index is 0.122. The quantitative estimate of drug-likeness (QED) is 0.610. The fraction of sp³-hybridized carbons (Fsp3) is 0.727. The van der Waals surface area contributed by atoms with E-state index in [1.165, 1.54) is 0 Å². The Morgan fingerprint density at radius 3 is 2.53 bits per heavy atom. The van der Waals surface area contributed by atoms with Gasteiger partial charge in [-0.15, -0.1) is 0 Å². The molecule has 0 saturated carbocycles. The van der Waals surface area contributed by atoms with Crippen LogP contribution in [-0.4, -0.2) is 46.9 Å². The van der Waals surface area contributed by atoms with Gasteiger partial charge in [0.2, 0.25) is 17.7 Å². The van der Waals surface area contributed by atoms with Crippen LogP contribution in [-0.2, 0) is 14.4 Å². The Bertz CT molecular complexity index is 299. The second kappa shape index (κ2) is 6.34. The SMILES string of the molecule is CC(O)CCNC(=O)CCN1C(=O)CCC1=O. The lowest BCUT2D eigenvalue weighted by Crippen LogP contribution is -2.34. The largest absolute Gasteiger partial charge is 0.393 e. The van der Waals surface area contributed by atoms with Crippen LogP contribution in [0.2, 0.25) is 0 Å². The standard InChI is InChI=1S/C11H18N2O4/c1-8(14)4-6-12-9(15)5-7-13-10(16)2-3-11(13)17/h8,14H,2-7H2,1H3,(H,12,15). The molecule has 0 aromatic carbocycles. The van der Waals surface area contributed by atoms with Crippen LogP contribution in [0.5, 0.6) is 0 Å². The van der Waals surface area contributed by atoms with Crippen LogP contribution in [0.4, 0.5) is 0 Å². The van der Waals surface area contributed by atoms with Crippen molar-refractivity contribution in [1.29, 1.82) is 0 Å². The highest BCUT2D eigenvalue weighted by Crippen LogP contribution is 2.11. The molecule has 1 atom stereocenters. The number of aliphatic hydroxyl groups is 1. The van der Waals surface area contributed by atoms with E-state index in [1.807, 2.05) is 0 Å². The Morgan fingerprint density at radius 1 is 1.41 bits per heavy atom. The number of likely N-dealkylation sites (tertiary alicyclic amines) is 1. The molecule has 1 aliphatic heterocycles. The Hall–Kier alpha value is -1.43. The van der Waals surface area contributed by atoms with Crippen molar-refractivity contribution in [2.75, 3.05) is 13.1 Å². The van der Waals surface area contributed by atoms with Crippen molar-refractivity contribution >= 4 is 17.7 Å². The third-order valence-corrected chi connectivity index (χ3v) is 2.60. The lowest BCUT2D eigenvalue weighted by atomic mass is 10.3. The van der Waals surface area contributed by atoms with E-state index in [0.29, 0.717) is 13.0 Å². The molecule has 6 heteroatoms. The number of carbonyl (C=O) groups excluding carboxylic acids is 3. The third kappa shape index (κ3) is 4.52. The number of carbonyl (C=O) groups is 3. The zero-order valence-corrected chi connectivity index (χ0v) is 9.94. The maximum atomic E-state index is 11.4. The molecule has 3 amide bonds. The van der Waals surface area contributed by atoms with Gasteiger partial charge < -0.3 is 10.4 Å². The van der Waals surface area contributed by atoms with E-state index in [1.54, 1.807) is 6.92 Å². The first-order valence-corrected chi connectivity index (χ1v) is 5.78. The maximum absolute atomic E-state index is 11.4. The molecule has 0 spiro atoms. The molecule has 96 valence electrons. The molecule has 0 aromatic heterocycles. The van der Waals surface area contributed by atoms with Crippen molar-refractivity contribution in [3.8, 4) is 0 Å². The van der Waals surface area contributed by atoms with Gasteiger partial charge in [0.05, 0.1) is 6.10 Å². The second-order valence-corrected chi connectivity index (χ2v) is 4.18. The fourth-order valence-corrected chi connectivity index (χ4v) is 1.59. The number of aliphatic hydroxyl groups excluding tert-OH is 1. The normalized spacial score (nSPS) is 17.4. The van der Waals surface area contributed by atoms with E-state index in [-0.39, 0.29) is 43.5 Å². The second-order valence-electron chi connectivity index (χ2n) is 4.18. The van der Waals surface area contributed by atoms with Crippen molar-refractivity contribution in [1.82, 2.24) is 10.2 Å². The monoisotopic (exact) mass is 242 g/mol. The predicted octanol–water partition coefficient (Wildman–Crippen LogP) is -0.587. The molecule has 17 heavy (non-hydrogen) atoms. The van der Waals surface area contributed by atoms with Crippen LogP contribution in [0.1, 0.15) is 32.6 Å². The molecule has 0 aromatic rings. The summed E-state index contributed by atoms with van der Waals surface area (Å²) in [5.41, 5.74) is 0. The molecular formula is C11H18N2O4. The summed E-state index contributed by atoms with van der Waals surface area (Å²) < 4.78 is 0. The van der Waals surface area contributed by atoms with E-state index < -0.39 is 6.10 Å². The van der Waals surface area contributed by atoms with Crippen molar-refractivity contribution in [2.45, 2.75) is 38.7 Å². The highest BCUT2D eigenvalue weighted by Gasteiger charge is 2.28. The van der Waals surface area contributed by atoms with Crippen LogP contribution in [0, 0.1) is 0 Å². The van der Waals surface area contributed by atoms with E-state index in [4.69, 9.17) is 5.11 Å². The van der Waals surface area contributed by atoms with Gasteiger partial charge in [0, 0.05) is 32.4 Å². The molecule has 1 aliphatic rings. The van der Waals surface area contributed by atoms with E-state index in [0.717, 1.165) is 4.90 Å². The molecule has 0 radical (unpaired) electrons. The number of amides is 3. The summed E-state index contributed by atoms with van der Waals surface area (Å²) in [6.45, 7) is 2.20. The lowest BCUT2D eigenvalue weighted by Gasteiger charge is -2.13. The average Bonchev–Trinajstić information content (AvgIpc) is 2.55. The summed E-state index contributed by atoms with van der Waals surface area (Å²) in [6.07, 6.45) is 0.673. The van der Waals surface area contributed by atoms with E-state index >= 15 is 0 Å². The van der Waals surface area contributed by atoms with Gasteiger partial charge in [0.15, 0.2) is 0 Å². The number of rotatable bonds is 6. The summed E-state index contributed by atoms with van der Waals surface area (Å²) in [7, 11) is 0. The molecule has 1 heterocycles. The Labute approximate surface area is 100.0 Å². The van der Waals surface area contributed by atoms with E-state index in [2.05, 4.69) is 5.32 Å². The van der Waals surface area contributed by atoms with Crippen LogP contribution in [0.15, 0.2) is 0 Å². The van der Waals surface area contributed by atoms with Gasteiger partial charge in [0.1, 0.15) is 0 Å². The third-order valence-electron chi connectivity index (χ3n) is 2.60. The lowest BCUT2D eigenvalue weighted by molar-refractivity contribution is -0.138. The summed E-state index contributed by atoms with van der Waals surface area (Å²) >= 11 is 0. The molecule has 6 nitrogen and oxygen atoms in total. The zero-order chi connectivity index (χ0) is 12.8. The van der Waals surface area contributed by atoms with Crippen molar-refractivity contribution < 1.29 is 19.5 Å². The highest BCUT2D eigenvalue weighted by atomic mass is 16.3. The maximum Gasteiger partial charge on any atom is 0.229 e. The molecule has 0 bridgehead atoms. The first kappa shape index (κ1) is 13.6. The number of hydrogen-bond donors (Lipinski definition) is 2. The van der Waals surface area contributed by atoms with Gasteiger partial charge in [0.25, 0.3) is 0 Å². The minimum Gasteiger partial charge on any atom is -0.393 e. The topological polar surface area (TPSA) is 86.7 Å². The molecule has 1 rings (SSSR count). The first-order chi connectivity index (χ1) is 8.00. The molecule has 0 aliphatic carbocycles. The summed E-state index contributed by atoms with van der Waals surface area (Å²) in [5.74, 6) is -0.614. The fourth-order valence-electron chi connectivity index (χ4n) is 1.59. The Kier molecular flexibility index (Phi) is 5.09. The summed E-state index contributed by atoms with van der Waals surface area (Å²) in [4.78, 5) is 35.0. The Morgan fingerprint density at radius 2 is 2.00 bits per heavy atom. The molecule has 1 unspecified atom stereocenters. The smallest absolute Gasteiger partial charge is 0.229 e. The van der Waals surface area contributed by atoms with Crippen LogP contribution in [0.3, 0.4) is 0 Å². The number of nitrogens with one attached hydrogen (secondary N) is 1. The van der Waals surface area contributed by atoms with Gasteiger partial charge in [-0.2, -0.15) is 0 Å². The van der Waals surface area contributed by atoms with Gasteiger partial charge in [-0.05, 0) is 13.3 Å². The highest BCUT2D eigenvalue weighted by molar-refractivity contribution is 6.02. The van der Waals surface area contributed by atoms with Crippen molar-refractivity contribution in [2.24, 2.45) is 0 Å². The minimum atomic E-state index is -0.447. The van der Waals surface area contributed by atoms with Gasteiger partial charge >= 0.3 is 0 Å². The van der Waals surface area contributed by atoms with E-state index in [9.17, 15) is 14.4 Å². The first-order valence-electron chi connectivity index (χ1n) is 5.78. The summed E-state index contributed by atoms with van der Waals surface area (Å²) in [6, 6.07) is 0. The van der Waals surface area contributed by atoms with Crippen LogP contribution < -0.4 is 5.32 Å². The Balaban J connectivity index is 2.19. The predicted molar refractivity (Wildman–Crippen MR) is 59.9 cm³/mol. The van der Waals surface area contributed by atoms with Crippen LogP contribution in [0.25, 0.3) is 0 Å². The molecule has 2 N–H and O–H groups in total. The van der Waals surface area contributed by atoms with Gasteiger partial charge in [-0.1, -0.05) is 0 Å². The van der Waals surface area contributed by atoms with Gasteiger partial charge in [-0.3, -0.25) is 19.3 Å². The van der Waals surface area contributed by atoms with Crippen molar-refractivity contribution in [3.63, 3.8) is 0 Å². The average molecular weight is 242 g/mol. The molecule has 1 saturated heterocycles. The van der Waals surface area contributed by atoms with Crippen molar-refractivity contribution in [3.05, 3.63) is 0 Å². The van der Waals surface area contributed by atoms with Gasteiger partial charge in [-0.25, -0.2) is 0 Å². The molecular weight excluding hydrogens is 224 g/mol. The number of nitrogens with zero attached hydrogens (tertiary/aromatic N) is 1. The zero-order valence-electron chi connectivity index (χ0n) is 9.94. The molecule has 1 fully saturated rings. The van der Waals surface area contributed by atoms with Crippen LogP contribution >= 0.6 is 0 Å². The number of hydrogen-bond acceptors (Lipinski definition) is 4. The summed E-state index contributed by atoms with van der Waals surface area (Å²) in [5, 5.41) is 11.6. The number of imide groups is 1.